The number of primary amides is 1. The molecule has 1 fully saturated rings. The first kappa shape index (κ1) is 21.5. The molecule has 1 aliphatic heterocycles. The van der Waals surface area contributed by atoms with Crippen molar-refractivity contribution in [2.45, 2.75) is 19.3 Å². The first-order chi connectivity index (χ1) is 14.5. The first-order valence-corrected chi connectivity index (χ1v) is 10.3. The van der Waals surface area contributed by atoms with Gasteiger partial charge in [-0.15, -0.1) is 0 Å². The Labute approximate surface area is 176 Å². The Morgan fingerprint density at radius 2 is 1.77 bits per heavy atom. The minimum atomic E-state index is -0.322. The molecule has 2 aromatic rings. The van der Waals surface area contributed by atoms with E-state index in [1.807, 2.05) is 35.2 Å². The Morgan fingerprint density at radius 1 is 1.03 bits per heavy atom. The molecule has 158 valence electrons. The number of anilines is 1. The van der Waals surface area contributed by atoms with Gasteiger partial charge in [0.05, 0.1) is 23.7 Å². The smallest absolute Gasteiger partial charge is 0.253 e. The van der Waals surface area contributed by atoms with Crippen LogP contribution in [-0.2, 0) is 16.0 Å². The van der Waals surface area contributed by atoms with Gasteiger partial charge in [0.2, 0.25) is 11.8 Å². The summed E-state index contributed by atoms with van der Waals surface area (Å²) < 4.78 is 0. The van der Waals surface area contributed by atoms with Crippen molar-refractivity contribution in [1.29, 1.82) is 0 Å². The van der Waals surface area contributed by atoms with Crippen molar-refractivity contribution in [2.24, 2.45) is 11.7 Å². The maximum Gasteiger partial charge on any atom is 0.253 e. The topological polar surface area (TPSA) is 105 Å². The number of carbonyl (C=O) groups is 3. The van der Waals surface area contributed by atoms with Crippen LogP contribution in [0.25, 0.3) is 0 Å². The number of hydrogen-bond acceptors (Lipinski definition) is 4. The number of para-hydroxylation sites is 1. The lowest BCUT2D eigenvalue weighted by Crippen LogP contribution is -2.44. The summed E-state index contributed by atoms with van der Waals surface area (Å²) in [5.41, 5.74) is 7.45. The van der Waals surface area contributed by atoms with E-state index in [-0.39, 0.29) is 30.2 Å². The molecule has 0 spiro atoms. The zero-order valence-corrected chi connectivity index (χ0v) is 17.0. The molecule has 2 aromatic carbocycles. The van der Waals surface area contributed by atoms with Crippen molar-refractivity contribution >= 4 is 23.4 Å². The number of amides is 3. The summed E-state index contributed by atoms with van der Waals surface area (Å²) in [6, 6.07) is 16.9. The third kappa shape index (κ3) is 6.15. The van der Waals surface area contributed by atoms with Crippen LogP contribution in [0.4, 0.5) is 5.69 Å². The summed E-state index contributed by atoms with van der Waals surface area (Å²) in [5, 5.41) is 5.74. The van der Waals surface area contributed by atoms with E-state index in [1.165, 1.54) is 0 Å². The Bertz CT molecular complexity index is 885. The van der Waals surface area contributed by atoms with E-state index in [1.54, 1.807) is 24.3 Å². The summed E-state index contributed by atoms with van der Waals surface area (Å²) in [6.45, 7) is 1.91. The molecule has 0 radical (unpaired) electrons. The van der Waals surface area contributed by atoms with Gasteiger partial charge >= 0.3 is 0 Å². The number of likely N-dealkylation sites (tertiary alicyclic amines) is 1. The number of hydrogen-bond donors (Lipinski definition) is 3. The lowest BCUT2D eigenvalue weighted by molar-refractivity contribution is -0.125. The molecule has 3 amide bonds. The molecule has 1 saturated heterocycles. The molecule has 0 aliphatic carbocycles. The second-order valence-corrected chi connectivity index (χ2v) is 7.56. The van der Waals surface area contributed by atoms with Gasteiger partial charge in [-0.3, -0.25) is 19.3 Å². The van der Waals surface area contributed by atoms with Crippen LogP contribution in [0.5, 0.6) is 0 Å². The summed E-state index contributed by atoms with van der Waals surface area (Å²) in [4.78, 5) is 38.5. The monoisotopic (exact) mass is 408 g/mol. The Hall–Kier alpha value is -3.19. The van der Waals surface area contributed by atoms with Gasteiger partial charge in [0.1, 0.15) is 0 Å². The van der Waals surface area contributed by atoms with Crippen molar-refractivity contribution in [1.82, 2.24) is 10.2 Å². The van der Waals surface area contributed by atoms with Crippen LogP contribution in [-0.4, -0.2) is 48.8 Å². The van der Waals surface area contributed by atoms with Crippen LogP contribution in [0.3, 0.4) is 0 Å². The molecule has 4 N–H and O–H groups in total. The standard InChI is InChI=1S/C23H28N4O3/c24-22(29)18-9-6-14-27(15-18)16-21(28)26-20-11-5-4-10-19(20)23(30)25-13-12-17-7-2-1-3-8-17/h1-5,7-8,10-11,18H,6,9,12-16H2,(H2,24,29)(H,25,30)(H,26,28)/t18-/m0/s1. The van der Waals surface area contributed by atoms with E-state index in [4.69, 9.17) is 5.73 Å². The number of nitrogens with one attached hydrogen (secondary N) is 2. The SMILES string of the molecule is NC(=O)[C@H]1CCCN(CC(=O)Nc2ccccc2C(=O)NCCc2ccccc2)C1. The largest absolute Gasteiger partial charge is 0.369 e. The van der Waals surface area contributed by atoms with E-state index < -0.39 is 0 Å². The van der Waals surface area contributed by atoms with Gasteiger partial charge in [-0.05, 0) is 43.5 Å². The number of rotatable bonds is 8. The molecular weight excluding hydrogens is 380 g/mol. The van der Waals surface area contributed by atoms with Crippen LogP contribution in [0.15, 0.2) is 54.6 Å². The molecule has 0 unspecified atom stereocenters. The van der Waals surface area contributed by atoms with E-state index in [2.05, 4.69) is 10.6 Å². The molecule has 1 aliphatic rings. The Kier molecular flexibility index (Phi) is 7.57. The summed E-state index contributed by atoms with van der Waals surface area (Å²) >= 11 is 0. The highest BCUT2D eigenvalue weighted by atomic mass is 16.2. The van der Waals surface area contributed by atoms with Gasteiger partial charge in [0.25, 0.3) is 5.91 Å². The molecule has 30 heavy (non-hydrogen) atoms. The third-order valence-electron chi connectivity index (χ3n) is 5.26. The Morgan fingerprint density at radius 3 is 2.53 bits per heavy atom. The molecule has 7 heteroatoms. The zero-order valence-electron chi connectivity index (χ0n) is 17.0. The second kappa shape index (κ2) is 10.5. The van der Waals surface area contributed by atoms with Gasteiger partial charge in [0.15, 0.2) is 0 Å². The lowest BCUT2D eigenvalue weighted by Gasteiger charge is -2.30. The number of piperidine rings is 1. The quantitative estimate of drug-likeness (QED) is 0.619. The highest BCUT2D eigenvalue weighted by Gasteiger charge is 2.25. The minimum absolute atomic E-state index is 0.160. The molecule has 7 nitrogen and oxygen atoms in total. The predicted octanol–water partition coefficient (Wildman–Crippen LogP) is 1.79. The van der Waals surface area contributed by atoms with Gasteiger partial charge in [-0.2, -0.15) is 0 Å². The second-order valence-electron chi connectivity index (χ2n) is 7.56. The van der Waals surface area contributed by atoms with Crippen molar-refractivity contribution in [2.75, 3.05) is 31.5 Å². The number of nitrogens with zero attached hydrogens (tertiary/aromatic N) is 1. The number of carbonyl (C=O) groups excluding carboxylic acids is 3. The van der Waals surface area contributed by atoms with Crippen LogP contribution in [0, 0.1) is 5.92 Å². The highest BCUT2D eigenvalue weighted by molar-refractivity contribution is 6.04. The zero-order chi connectivity index (χ0) is 21.3. The van der Waals surface area contributed by atoms with Crippen molar-refractivity contribution < 1.29 is 14.4 Å². The molecule has 0 bridgehead atoms. The van der Waals surface area contributed by atoms with E-state index in [0.29, 0.717) is 24.3 Å². The van der Waals surface area contributed by atoms with Gasteiger partial charge in [-0.1, -0.05) is 42.5 Å². The van der Waals surface area contributed by atoms with Gasteiger partial charge in [0, 0.05) is 13.1 Å². The van der Waals surface area contributed by atoms with Crippen molar-refractivity contribution in [3.63, 3.8) is 0 Å². The van der Waals surface area contributed by atoms with Gasteiger partial charge in [-0.25, -0.2) is 0 Å². The van der Waals surface area contributed by atoms with E-state index in [0.717, 1.165) is 31.4 Å². The fraction of sp³-hybridized carbons (Fsp3) is 0.348. The molecule has 0 aromatic heterocycles. The lowest BCUT2D eigenvalue weighted by atomic mass is 9.97. The fourth-order valence-electron chi connectivity index (χ4n) is 3.67. The van der Waals surface area contributed by atoms with Crippen LogP contribution in [0.2, 0.25) is 0 Å². The first-order valence-electron chi connectivity index (χ1n) is 10.3. The predicted molar refractivity (Wildman–Crippen MR) is 116 cm³/mol. The van der Waals surface area contributed by atoms with E-state index in [9.17, 15) is 14.4 Å². The maximum absolute atomic E-state index is 12.6. The van der Waals surface area contributed by atoms with Crippen molar-refractivity contribution in [3.8, 4) is 0 Å². The van der Waals surface area contributed by atoms with E-state index >= 15 is 0 Å². The minimum Gasteiger partial charge on any atom is -0.369 e. The molecule has 1 heterocycles. The fourth-order valence-corrected chi connectivity index (χ4v) is 3.67. The summed E-state index contributed by atoms with van der Waals surface area (Å²) in [7, 11) is 0. The third-order valence-corrected chi connectivity index (χ3v) is 5.26. The highest BCUT2D eigenvalue weighted by Crippen LogP contribution is 2.18. The van der Waals surface area contributed by atoms with Crippen molar-refractivity contribution in [3.05, 3.63) is 65.7 Å². The molecular formula is C23H28N4O3. The summed E-state index contributed by atoms with van der Waals surface area (Å²) in [5.74, 6) is -0.981. The van der Waals surface area contributed by atoms with Crippen LogP contribution >= 0.6 is 0 Å². The maximum atomic E-state index is 12.6. The molecule has 0 saturated carbocycles. The van der Waals surface area contributed by atoms with Gasteiger partial charge < -0.3 is 16.4 Å². The Balaban J connectivity index is 1.54. The van der Waals surface area contributed by atoms with Crippen LogP contribution in [0.1, 0.15) is 28.8 Å². The average molecular weight is 409 g/mol. The normalized spacial score (nSPS) is 16.6. The average Bonchev–Trinajstić information content (AvgIpc) is 2.75. The number of benzene rings is 2. The van der Waals surface area contributed by atoms with Crippen LogP contribution < -0.4 is 16.4 Å². The molecule has 3 rings (SSSR count). The summed E-state index contributed by atoms with van der Waals surface area (Å²) in [6.07, 6.45) is 2.33. The molecule has 1 atom stereocenters. The number of nitrogens with two attached hydrogens (primary N) is 1.